The number of hydrogen-bond donors (Lipinski definition) is 1. The van der Waals surface area contributed by atoms with E-state index in [4.69, 9.17) is 16.3 Å². The molecule has 2 atom stereocenters. The largest absolute Gasteiger partial charge is 0.482 e. The van der Waals surface area contributed by atoms with E-state index in [9.17, 15) is 9.59 Å². The Balaban J connectivity index is 1.70. The third-order valence-corrected chi connectivity index (χ3v) is 4.86. The number of fused-ring (bicyclic) bond motifs is 1. The van der Waals surface area contributed by atoms with Gasteiger partial charge in [-0.05, 0) is 37.0 Å². The summed E-state index contributed by atoms with van der Waals surface area (Å²) < 4.78 is 5.39. The summed E-state index contributed by atoms with van der Waals surface area (Å²) in [7, 11) is 0. The third-order valence-electron chi connectivity index (χ3n) is 4.62. The molecule has 1 saturated carbocycles. The first-order chi connectivity index (χ1) is 11.0. The lowest BCUT2D eigenvalue weighted by Crippen LogP contribution is -2.49. The number of carbonyl (C=O) groups is 2. The van der Waals surface area contributed by atoms with Crippen molar-refractivity contribution in [2.24, 2.45) is 5.92 Å². The SMILES string of the molecule is CC1CCCCC1NC(=O)CN1C(=O)COc2ccc(Cl)cc21. The van der Waals surface area contributed by atoms with Crippen molar-refractivity contribution in [3.8, 4) is 5.75 Å². The van der Waals surface area contributed by atoms with Gasteiger partial charge in [0, 0.05) is 11.1 Å². The highest BCUT2D eigenvalue weighted by atomic mass is 35.5. The third kappa shape index (κ3) is 3.61. The maximum Gasteiger partial charge on any atom is 0.265 e. The Bertz CT molecular complexity index is 620. The summed E-state index contributed by atoms with van der Waals surface area (Å²) in [5.41, 5.74) is 0.556. The van der Waals surface area contributed by atoms with Gasteiger partial charge in [-0.25, -0.2) is 0 Å². The molecule has 6 heteroatoms. The van der Waals surface area contributed by atoms with Gasteiger partial charge in [0.1, 0.15) is 12.3 Å². The van der Waals surface area contributed by atoms with Crippen molar-refractivity contribution in [3.05, 3.63) is 23.2 Å². The Kier molecular flexibility index (Phi) is 4.76. The lowest BCUT2D eigenvalue weighted by Gasteiger charge is -2.32. The van der Waals surface area contributed by atoms with E-state index in [-0.39, 0.29) is 31.0 Å². The quantitative estimate of drug-likeness (QED) is 0.923. The molecule has 1 aromatic rings. The fourth-order valence-corrected chi connectivity index (χ4v) is 3.44. The number of halogens is 1. The minimum absolute atomic E-state index is 0.00123. The fourth-order valence-electron chi connectivity index (χ4n) is 3.28. The minimum atomic E-state index is -0.230. The van der Waals surface area contributed by atoms with E-state index in [1.165, 1.54) is 11.3 Å². The predicted octanol–water partition coefficient (Wildman–Crippen LogP) is 2.76. The highest BCUT2D eigenvalue weighted by Gasteiger charge is 2.29. The van der Waals surface area contributed by atoms with Crippen LogP contribution in [0.2, 0.25) is 5.02 Å². The van der Waals surface area contributed by atoms with E-state index in [1.54, 1.807) is 18.2 Å². The second-order valence-corrected chi connectivity index (χ2v) is 6.75. The molecule has 3 rings (SSSR count). The van der Waals surface area contributed by atoms with E-state index in [0.717, 1.165) is 19.3 Å². The zero-order valence-corrected chi connectivity index (χ0v) is 13.9. The maximum absolute atomic E-state index is 12.4. The van der Waals surface area contributed by atoms with Crippen LogP contribution in [0.25, 0.3) is 0 Å². The van der Waals surface area contributed by atoms with Crippen LogP contribution >= 0.6 is 11.6 Å². The first kappa shape index (κ1) is 16.1. The number of carbonyl (C=O) groups excluding carboxylic acids is 2. The lowest BCUT2D eigenvalue weighted by atomic mass is 9.86. The number of hydrogen-bond acceptors (Lipinski definition) is 3. The number of ether oxygens (including phenoxy) is 1. The molecule has 2 amide bonds. The zero-order chi connectivity index (χ0) is 16.4. The summed E-state index contributed by atoms with van der Waals surface area (Å²) in [6.45, 7) is 2.11. The van der Waals surface area contributed by atoms with Gasteiger partial charge in [0.25, 0.3) is 5.91 Å². The van der Waals surface area contributed by atoms with Crippen LogP contribution < -0.4 is 15.0 Å². The van der Waals surface area contributed by atoms with E-state index in [0.29, 0.717) is 22.4 Å². The van der Waals surface area contributed by atoms with Crippen molar-refractivity contribution < 1.29 is 14.3 Å². The highest BCUT2D eigenvalue weighted by molar-refractivity contribution is 6.31. The molecule has 1 N–H and O–H groups in total. The van der Waals surface area contributed by atoms with Crippen LogP contribution in [0.3, 0.4) is 0 Å². The molecular weight excluding hydrogens is 316 g/mol. The van der Waals surface area contributed by atoms with Crippen LogP contribution in [-0.4, -0.2) is 31.0 Å². The summed E-state index contributed by atoms with van der Waals surface area (Å²) in [5, 5.41) is 3.58. The molecule has 0 saturated heterocycles. The molecule has 0 bridgehead atoms. The molecule has 0 aromatic heterocycles. The van der Waals surface area contributed by atoms with Crippen molar-refractivity contribution in [1.29, 1.82) is 0 Å². The molecule has 23 heavy (non-hydrogen) atoms. The summed E-state index contributed by atoms with van der Waals surface area (Å²) in [6, 6.07) is 5.28. The maximum atomic E-state index is 12.4. The molecule has 1 aromatic carbocycles. The lowest BCUT2D eigenvalue weighted by molar-refractivity contribution is -0.126. The Labute approximate surface area is 140 Å². The average Bonchev–Trinajstić information content (AvgIpc) is 2.52. The van der Waals surface area contributed by atoms with Crippen LogP contribution in [-0.2, 0) is 9.59 Å². The second-order valence-electron chi connectivity index (χ2n) is 6.32. The van der Waals surface area contributed by atoms with Gasteiger partial charge in [0.15, 0.2) is 6.61 Å². The molecular formula is C17H21ClN2O3. The molecule has 2 aliphatic rings. The summed E-state index contributed by atoms with van der Waals surface area (Å²) >= 11 is 6.01. The van der Waals surface area contributed by atoms with Gasteiger partial charge < -0.3 is 10.1 Å². The Morgan fingerprint density at radius 1 is 1.39 bits per heavy atom. The Morgan fingerprint density at radius 3 is 2.96 bits per heavy atom. The van der Waals surface area contributed by atoms with E-state index >= 15 is 0 Å². The summed E-state index contributed by atoms with van der Waals surface area (Å²) in [4.78, 5) is 26.0. The predicted molar refractivity (Wildman–Crippen MR) is 88.9 cm³/mol. The topological polar surface area (TPSA) is 58.6 Å². The zero-order valence-electron chi connectivity index (χ0n) is 13.2. The van der Waals surface area contributed by atoms with Crippen molar-refractivity contribution >= 4 is 29.1 Å². The summed E-state index contributed by atoms with van der Waals surface area (Å²) in [5.74, 6) is 0.694. The van der Waals surface area contributed by atoms with Gasteiger partial charge in [0.05, 0.1) is 5.69 Å². The highest BCUT2D eigenvalue weighted by Crippen LogP contribution is 2.34. The van der Waals surface area contributed by atoms with Gasteiger partial charge in [0.2, 0.25) is 5.91 Å². The molecule has 1 fully saturated rings. The first-order valence-electron chi connectivity index (χ1n) is 8.06. The smallest absolute Gasteiger partial charge is 0.265 e. The standard InChI is InChI=1S/C17H21ClN2O3/c1-11-4-2-3-5-13(11)19-16(21)9-20-14-8-12(18)6-7-15(14)23-10-17(20)22/h6-8,11,13H,2-5,9-10H2,1H3,(H,19,21). The van der Waals surface area contributed by atoms with Crippen LogP contribution in [0.1, 0.15) is 32.6 Å². The molecule has 1 aliphatic heterocycles. The van der Waals surface area contributed by atoms with Crippen molar-refractivity contribution in [2.75, 3.05) is 18.1 Å². The van der Waals surface area contributed by atoms with Crippen molar-refractivity contribution in [2.45, 2.75) is 38.6 Å². The minimum Gasteiger partial charge on any atom is -0.482 e. The van der Waals surface area contributed by atoms with Crippen molar-refractivity contribution in [3.63, 3.8) is 0 Å². The van der Waals surface area contributed by atoms with Crippen LogP contribution in [0.4, 0.5) is 5.69 Å². The van der Waals surface area contributed by atoms with Crippen LogP contribution in [0, 0.1) is 5.92 Å². The van der Waals surface area contributed by atoms with E-state index < -0.39 is 0 Å². The molecule has 5 nitrogen and oxygen atoms in total. The van der Waals surface area contributed by atoms with Gasteiger partial charge in [-0.2, -0.15) is 0 Å². The van der Waals surface area contributed by atoms with Gasteiger partial charge in [-0.15, -0.1) is 0 Å². The second kappa shape index (κ2) is 6.79. The van der Waals surface area contributed by atoms with Gasteiger partial charge in [-0.3, -0.25) is 14.5 Å². The van der Waals surface area contributed by atoms with Crippen LogP contribution in [0.15, 0.2) is 18.2 Å². The van der Waals surface area contributed by atoms with E-state index in [2.05, 4.69) is 12.2 Å². The number of nitrogens with zero attached hydrogens (tertiary/aromatic N) is 1. The Hall–Kier alpha value is -1.75. The van der Waals surface area contributed by atoms with Gasteiger partial charge >= 0.3 is 0 Å². The van der Waals surface area contributed by atoms with E-state index in [1.807, 2.05) is 0 Å². The van der Waals surface area contributed by atoms with Gasteiger partial charge in [-0.1, -0.05) is 31.4 Å². The van der Waals surface area contributed by atoms with Crippen molar-refractivity contribution in [1.82, 2.24) is 5.32 Å². The van der Waals surface area contributed by atoms with Crippen LogP contribution in [0.5, 0.6) is 5.75 Å². The monoisotopic (exact) mass is 336 g/mol. The number of amides is 2. The average molecular weight is 337 g/mol. The molecule has 1 aliphatic carbocycles. The fraction of sp³-hybridized carbons (Fsp3) is 0.529. The Morgan fingerprint density at radius 2 is 2.17 bits per heavy atom. The number of anilines is 1. The molecule has 2 unspecified atom stereocenters. The number of rotatable bonds is 3. The summed E-state index contributed by atoms with van der Waals surface area (Å²) in [6.07, 6.45) is 4.51. The normalized spacial score (nSPS) is 23.9. The number of nitrogens with one attached hydrogen (secondary N) is 1. The molecule has 1 heterocycles. The molecule has 0 radical (unpaired) electrons. The molecule has 0 spiro atoms. The number of benzene rings is 1. The molecule has 124 valence electrons. The first-order valence-corrected chi connectivity index (χ1v) is 8.44.